The van der Waals surface area contributed by atoms with E-state index in [0.717, 1.165) is 12.1 Å². The predicted octanol–water partition coefficient (Wildman–Crippen LogP) is 3.42. The van der Waals surface area contributed by atoms with Gasteiger partial charge in [-0.1, -0.05) is 11.6 Å². The molecule has 1 aliphatic rings. The molecule has 12 heteroatoms. The van der Waals surface area contributed by atoms with Gasteiger partial charge >= 0.3 is 0 Å². The van der Waals surface area contributed by atoms with Crippen molar-refractivity contribution in [3.05, 3.63) is 46.5 Å². The summed E-state index contributed by atoms with van der Waals surface area (Å²) in [4.78, 5) is 44.5. The molecule has 1 aromatic carbocycles. The number of imidazole rings is 1. The molecule has 35 heavy (non-hydrogen) atoms. The maximum absolute atomic E-state index is 13.5. The Balaban J connectivity index is 1.52. The predicted molar refractivity (Wildman–Crippen MR) is 125 cm³/mol. The summed E-state index contributed by atoms with van der Waals surface area (Å²) in [7, 11) is 1.54. The van der Waals surface area contributed by atoms with Crippen LogP contribution in [-0.4, -0.2) is 53.0 Å². The minimum Gasteiger partial charge on any atom is -0.377 e. The standard InChI is InChI=1S/C23H28ClF2N5O4/c1-23(2,35-3)10-27-21(33)18-19(29-11-28-18)22(34)30-13-6-4-12(5-7-13)20(32)31-17-9-16(26)15(25)8-14(17)24/h8-9,11-13H,4-7,10H2,1-3H3,(H,27,33)(H,28,29)(H,30,34)(H,31,32)/t12-,13-. The second-order valence-electron chi connectivity index (χ2n) is 9.03. The molecule has 0 bridgehead atoms. The molecule has 0 atom stereocenters. The van der Waals surface area contributed by atoms with Gasteiger partial charge in [-0.2, -0.15) is 0 Å². The number of amides is 3. The van der Waals surface area contributed by atoms with Crippen LogP contribution < -0.4 is 16.0 Å². The van der Waals surface area contributed by atoms with Crippen LogP contribution in [0.4, 0.5) is 14.5 Å². The Morgan fingerprint density at radius 1 is 1.14 bits per heavy atom. The van der Waals surface area contributed by atoms with Gasteiger partial charge in [0.15, 0.2) is 17.3 Å². The number of aromatic amines is 1. The van der Waals surface area contributed by atoms with Crippen LogP contribution >= 0.6 is 11.6 Å². The number of benzene rings is 1. The highest BCUT2D eigenvalue weighted by molar-refractivity contribution is 6.33. The average Bonchev–Trinajstić information content (AvgIpc) is 3.32. The molecule has 3 rings (SSSR count). The average molecular weight is 512 g/mol. The third-order valence-corrected chi connectivity index (χ3v) is 6.32. The van der Waals surface area contributed by atoms with Crippen LogP contribution in [0, 0.1) is 17.6 Å². The van der Waals surface area contributed by atoms with Gasteiger partial charge in [0.2, 0.25) is 5.91 Å². The summed E-state index contributed by atoms with van der Waals surface area (Å²) < 4.78 is 32.0. The molecule has 1 fully saturated rings. The first kappa shape index (κ1) is 26.6. The van der Waals surface area contributed by atoms with E-state index in [9.17, 15) is 23.2 Å². The fraction of sp³-hybridized carbons (Fsp3) is 0.478. The van der Waals surface area contributed by atoms with Crippen molar-refractivity contribution in [1.82, 2.24) is 20.6 Å². The normalized spacial score (nSPS) is 18.1. The van der Waals surface area contributed by atoms with Crippen molar-refractivity contribution >= 4 is 35.0 Å². The molecule has 0 unspecified atom stereocenters. The number of hydrogen-bond donors (Lipinski definition) is 4. The topological polar surface area (TPSA) is 125 Å². The maximum atomic E-state index is 13.5. The van der Waals surface area contributed by atoms with E-state index >= 15 is 0 Å². The van der Waals surface area contributed by atoms with Crippen LogP contribution in [0.25, 0.3) is 0 Å². The van der Waals surface area contributed by atoms with E-state index in [0.29, 0.717) is 25.7 Å². The van der Waals surface area contributed by atoms with E-state index in [2.05, 4.69) is 25.9 Å². The number of nitrogens with zero attached hydrogens (tertiary/aromatic N) is 1. The number of nitrogens with one attached hydrogen (secondary N) is 4. The zero-order valence-corrected chi connectivity index (χ0v) is 20.4. The number of anilines is 1. The van der Waals surface area contributed by atoms with Gasteiger partial charge in [-0.05, 0) is 45.6 Å². The number of aromatic nitrogens is 2. The van der Waals surface area contributed by atoms with Crippen molar-refractivity contribution in [1.29, 1.82) is 0 Å². The smallest absolute Gasteiger partial charge is 0.272 e. The molecular weight excluding hydrogens is 484 g/mol. The number of carbonyl (C=O) groups excluding carboxylic acids is 3. The van der Waals surface area contributed by atoms with Gasteiger partial charge in [0.05, 0.1) is 22.6 Å². The van der Waals surface area contributed by atoms with Gasteiger partial charge in [0.25, 0.3) is 11.8 Å². The van der Waals surface area contributed by atoms with Crippen molar-refractivity contribution < 1.29 is 27.9 Å². The molecule has 9 nitrogen and oxygen atoms in total. The van der Waals surface area contributed by atoms with E-state index < -0.39 is 29.0 Å². The van der Waals surface area contributed by atoms with Gasteiger partial charge in [-0.15, -0.1) is 0 Å². The first-order chi connectivity index (χ1) is 16.5. The molecule has 0 radical (unpaired) electrons. The van der Waals surface area contributed by atoms with Gasteiger partial charge in [-0.3, -0.25) is 14.4 Å². The van der Waals surface area contributed by atoms with E-state index in [1.54, 1.807) is 0 Å². The van der Waals surface area contributed by atoms with Gasteiger partial charge in [-0.25, -0.2) is 13.8 Å². The van der Waals surface area contributed by atoms with Crippen molar-refractivity contribution in [2.45, 2.75) is 51.2 Å². The number of ether oxygens (including phenoxy) is 1. The number of halogens is 3. The fourth-order valence-corrected chi connectivity index (χ4v) is 3.90. The molecular formula is C23H28ClF2N5O4. The molecule has 0 aliphatic heterocycles. The SMILES string of the molecule is COC(C)(C)CNC(=O)c1nc[nH]c1C(=O)N[C@H]1CC[C@H](C(=O)Nc2cc(F)c(F)cc2Cl)CC1. The summed E-state index contributed by atoms with van der Waals surface area (Å²) in [6, 6.07) is 1.45. The molecule has 1 aliphatic carbocycles. The summed E-state index contributed by atoms with van der Waals surface area (Å²) in [6.45, 7) is 3.86. The Bertz CT molecular complexity index is 1100. The van der Waals surface area contributed by atoms with Crippen molar-refractivity contribution in [3.63, 3.8) is 0 Å². The monoisotopic (exact) mass is 511 g/mol. The van der Waals surface area contributed by atoms with Gasteiger partial charge in [0, 0.05) is 31.7 Å². The van der Waals surface area contributed by atoms with Gasteiger partial charge < -0.3 is 25.7 Å². The number of rotatable bonds is 8. The lowest BCUT2D eigenvalue weighted by Crippen LogP contribution is -2.42. The summed E-state index contributed by atoms with van der Waals surface area (Å²) in [5.41, 5.74) is -0.545. The molecule has 1 heterocycles. The summed E-state index contributed by atoms with van der Waals surface area (Å²) in [5.74, 6) is -3.90. The van der Waals surface area contributed by atoms with Crippen molar-refractivity contribution in [2.75, 3.05) is 19.0 Å². The molecule has 0 saturated heterocycles. The number of H-pyrrole nitrogens is 1. The Morgan fingerprint density at radius 3 is 2.46 bits per heavy atom. The third kappa shape index (κ3) is 6.76. The van der Waals surface area contributed by atoms with Crippen LogP contribution in [0.3, 0.4) is 0 Å². The quantitative estimate of drug-likeness (QED) is 0.404. The Morgan fingerprint density at radius 2 is 1.80 bits per heavy atom. The highest BCUT2D eigenvalue weighted by Gasteiger charge is 2.30. The molecule has 0 spiro atoms. The number of methoxy groups -OCH3 is 1. The van der Waals surface area contributed by atoms with E-state index in [1.165, 1.54) is 13.4 Å². The summed E-state index contributed by atoms with van der Waals surface area (Å²) in [5, 5.41) is 8.02. The molecule has 1 aromatic heterocycles. The largest absolute Gasteiger partial charge is 0.377 e. The van der Waals surface area contributed by atoms with E-state index in [-0.39, 0.29) is 46.5 Å². The van der Waals surface area contributed by atoms with Gasteiger partial charge in [0.1, 0.15) is 5.69 Å². The third-order valence-electron chi connectivity index (χ3n) is 6.01. The minimum atomic E-state index is -1.11. The lowest BCUT2D eigenvalue weighted by molar-refractivity contribution is -0.120. The lowest BCUT2D eigenvalue weighted by atomic mass is 9.85. The highest BCUT2D eigenvalue weighted by Crippen LogP contribution is 2.29. The zero-order valence-electron chi connectivity index (χ0n) is 19.6. The van der Waals surface area contributed by atoms with Crippen LogP contribution in [-0.2, 0) is 9.53 Å². The lowest BCUT2D eigenvalue weighted by Gasteiger charge is -2.28. The number of carbonyl (C=O) groups is 3. The Kier molecular flexibility index (Phi) is 8.44. The fourth-order valence-electron chi connectivity index (χ4n) is 3.70. The van der Waals surface area contributed by atoms with Crippen molar-refractivity contribution in [3.8, 4) is 0 Å². The maximum Gasteiger partial charge on any atom is 0.272 e. The zero-order chi connectivity index (χ0) is 25.8. The van der Waals surface area contributed by atoms with Crippen molar-refractivity contribution in [2.24, 2.45) is 5.92 Å². The van der Waals surface area contributed by atoms with Crippen LogP contribution in [0.1, 0.15) is 60.5 Å². The second kappa shape index (κ2) is 11.1. The van der Waals surface area contributed by atoms with Crippen LogP contribution in [0.15, 0.2) is 18.5 Å². The molecule has 4 N–H and O–H groups in total. The van der Waals surface area contributed by atoms with E-state index in [4.69, 9.17) is 16.3 Å². The minimum absolute atomic E-state index is 0.00457. The second-order valence-corrected chi connectivity index (χ2v) is 9.44. The number of hydrogen-bond acceptors (Lipinski definition) is 5. The molecule has 190 valence electrons. The van der Waals surface area contributed by atoms with Crippen LogP contribution in [0.5, 0.6) is 0 Å². The summed E-state index contributed by atoms with van der Waals surface area (Å²) in [6.07, 6.45) is 3.26. The van der Waals surface area contributed by atoms with Crippen LogP contribution in [0.2, 0.25) is 5.02 Å². The highest BCUT2D eigenvalue weighted by atomic mass is 35.5. The molecule has 2 aromatic rings. The Labute approximate surface area is 206 Å². The molecule has 1 saturated carbocycles. The summed E-state index contributed by atoms with van der Waals surface area (Å²) >= 11 is 5.89. The molecule has 3 amide bonds. The Hall–Kier alpha value is -3.05. The van der Waals surface area contributed by atoms with E-state index in [1.807, 2.05) is 13.8 Å². The first-order valence-electron chi connectivity index (χ1n) is 11.1. The first-order valence-corrected chi connectivity index (χ1v) is 11.5.